The first kappa shape index (κ1) is 22.9. The second-order valence-electron chi connectivity index (χ2n) is 8.26. The lowest BCUT2D eigenvalue weighted by atomic mass is 10.0. The highest BCUT2D eigenvalue weighted by Crippen LogP contribution is 2.40. The summed E-state index contributed by atoms with van der Waals surface area (Å²) in [5, 5.41) is 9.93. The Balaban J connectivity index is 1.63. The molecule has 1 aliphatic heterocycles. The van der Waals surface area contributed by atoms with Gasteiger partial charge in [-0.2, -0.15) is 5.26 Å². The summed E-state index contributed by atoms with van der Waals surface area (Å²) in [7, 11) is 0. The second-order valence-corrected chi connectivity index (χ2v) is 9.07. The largest absolute Gasteiger partial charge is 0.486 e. The maximum Gasteiger partial charge on any atom is 0.259 e. The van der Waals surface area contributed by atoms with Gasteiger partial charge >= 0.3 is 0 Å². The normalized spacial score (nSPS) is 14.0. The van der Waals surface area contributed by atoms with Gasteiger partial charge in [-0.1, -0.05) is 73.4 Å². The summed E-state index contributed by atoms with van der Waals surface area (Å²) in [6.07, 6.45) is 1.81. The van der Waals surface area contributed by atoms with Gasteiger partial charge in [0.2, 0.25) is 0 Å². The molecular weight excluding hydrogens is 455 g/mol. The minimum atomic E-state index is -0.0365. The highest BCUT2D eigenvalue weighted by atomic mass is 35.5. The Kier molecular flexibility index (Phi) is 6.74. The molecule has 0 saturated carbocycles. The third kappa shape index (κ3) is 4.75. The predicted molar refractivity (Wildman–Crippen MR) is 133 cm³/mol. The van der Waals surface area contributed by atoms with Gasteiger partial charge in [0.1, 0.15) is 6.61 Å². The zero-order valence-corrected chi connectivity index (χ0v) is 19.8. The van der Waals surface area contributed by atoms with Crippen LogP contribution in [0.3, 0.4) is 0 Å². The van der Waals surface area contributed by atoms with Crippen LogP contribution < -0.4 is 9.64 Å². The van der Waals surface area contributed by atoms with Gasteiger partial charge < -0.3 is 9.64 Å². The molecule has 0 N–H and O–H groups in total. The molecule has 0 spiro atoms. The third-order valence-electron chi connectivity index (χ3n) is 5.35. The minimum Gasteiger partial charge on any atom is -0.486 e. The molecule has 0 radical (unpaired) electrons. The number of para-hydroxylation sites is 1. The molecular formula is C27H22Cl2N2O2. The number of amides is 1. The fourth-order valence-corrected chi connectivity index (χ4v) is 4.48. The number of benzene rings is 3. The van der Waals surface area contributed by atoms with Gasteiger partial charge in [0.05, 0.1) is 27.4 Å². The summed E-state index contributed by atoms with van der Waals surface area (Å²) in [6.45, 7) is 4.99. The Morgan fingerprint density at radius 1 is 1.06 bits per heavy atom. The first-order valence-electron chi connectivity index (χ1n) is 10.6. The lowest BCUT2D eigenvalue weighted by molar-refractivity contribution is -0.113. The van der Waals surface area contributed by atoms with E-state index < -0.39 is 0 Å². The van der Waals surface area contributed by atoms with Crippen molar-refractivity contribution in [2.75, 3.05) is 11.4 Å². The van der Waals surface area contributed by atoms with Gasteiger partial charge in [-0.15, -0.1) is 0 Å². The highest BCUT2D eigenvalue weighted by Gasteiger charge is 2.32. The molecule has 1 amide bonds. The van der Waals surface area contributed by atoms with E-state index in [-0.39, 0.29) is 12.5 Å². The summed E-state index contributed by atoms with van der Waals surface area (Å²) >= 11 is 13.0. The summed E-state index contributed by atoms with van der Waals surface area (Å²) in [4.78, 5) is 15.0. The zero-order chi connectivity index (χ0) is 23.5. The lowest BCUT2D eigenvalue weighted by Crippen LogP contribution is -2.30. The average molecular weight is 477 g/mol. The van der Waals surface area contributed by atoms with Crippen LogP contribution in [0.5, 0.6) is 5.75 Å². The fraction of sp³-hybridized carbons (Fsp3) is 0.185. The second kappa shape index (κ2) is 9.70. The quantitative estimate of drug-likeness (QED) is 0.360. The van der Waals surface area contributed by atoms with Crippen molar-refractivity contribution in [3.8, 4) is 11.8 Å². The van der Waals surface area contributed by atoms with Crippen LogP contribution in [0, 0.1) is 17.2 Å². The third-order valence-corrected chi connectivity index (χ3v) is 5.91. The summed E-state index contributed by atoms with van der Waals surface area (Å²) < 4.78 is 5.85. The number of halogens is 2. The predicted octanol–water partition coefficient (Wildman–Crippen LogP) is 6.99. The molecule has 3 aromatic carbocycles. The number of ether oxygens (including phenoxy) is 1. The molecule has 0 fully saturated rings. The number of anilines is 1. The van der Waals surface area contributed by atoms with Crippen molar-refractivity contribution in [2.45, 2.75) is 20.5 Å². The fourth-order valence-electron chi connectivity index (χ4n) is 3.87. The van der Waals surface area contributed by atoms with Crippen LogP contribution in [0.1, 0.15) is 36.1 Å². The number of fused-ring (bicyclic) bond motifs is 1. The zero-order valence-electron chi connectivity index (χ0n) is 18.3. The van der Waals surface area contributed by atoms with Crippen molar-refractivity contribution >= 4 is 46.4 Å². The maximum atomic E-state index is 13.2. The van der Waals surface area contributed by atoms with E-state index in [1.165, 1.54) is 0 Å². The summed E-state index contributed by atoms with van der Waals surface area (Å²) in [6, 6.07) is 20.6. The molecule has 4 nitrogen and oxygen atoms in total. The molecule has 0 aliphatic carbocycles. The molecule has 0 saturated heterocycles. The van der Waals surface area contributed by atoms with Crippen LogP contribution >= 0.6 is 23.2 Å². The van der Waals surface area contributed by atoms with E-state index in [4.69, 9.17) is 27.9 Å². The van der Waals surface area contributed by atoms with Crippen molar-refractivity contribution in [3.05, 3.63) is 93.0 Å². The number of nitriles is 1. The van der Waals surface area contributed by atoms with Gasteiger partial charge in [-0.3, -0.25) is 4.79 Å². The van der Waals surface area contributed by atoms with Gasteiger partial charge in [0, 0.05) is 23.2 Å². The van der Waals surface area contributed by atoms with Crippen LogP contribution in [0.15, 0.2) is 60.7 Å². The maximum absolute atomic E-state index is 13.2. The Labute approximate surface area is 203 Å². The molecule has 1 heterocycles. The van der Waals surface area contributed by atoms with E-state index in [0.29, 0.717) is 45.0 Å². The van der Waals surface area contributed by atoms with Gasteiger partial charge in [-0.25, -0.2) is 0 Å². The smallest absolute Gasteiger partial charge is 0.259 e. The number of carbonyl (C=O) groups is 1. The molecule has 4 rings (SSSR count). The van der Waals surface area contributed by atoms with Crippen LogP contribution in [0.2, 0.25) is 10.0 Å². The van der Waals surface area contributed by atoms with Crippen LogP contribution in [0.25, 0.3) is 11.6 Å². The molecule has 3 aromatic rings. The first-order chi connectivity index (χ1) is 15.9. The van der Waals surface area contributed by atoms with Gasteiger partial charge in [-0.05, 0) is 41.8 Å². The van der Waals surface area contributed by atoms with Crippen molar-refractivity contribution in [1.29, 1.82) is 5.26 Å². The molecule has 166 valence electrons. The number of rotatable bonds is 6. The minimum absolute atomic E-state index is 0.0365. The van der Waals surface area contributed by atoms with E-state index in [9.17, 15) is 10.1 Å². The van der Waals surface area contributed by atoms with Gasteiger partial charge in [0.15, 0.2) is 5.75 Å². The highest BCUT2D eigenvalue weighted by molar-refractivity contribution is 6.38. The van der Waals surface area contributed by atoms with E-state index in [1.54, 1.807) is 24.3 Å². The Morgan fingerprint density at radius 3 is 2.42 bits per heavy atom. The Morgan fingerprint density at radius 2 is 1.73 bits per heavy atom. The summed E-state index contributed by atoms with van der Waals surface area (Å²) in [5.74, 6) is 0.645. The Bertz CT molecular complexity index is 1270. The van der Waals surface area contributed by atoms with Crippen LogP contribution in [-0.4, -0.2) is 12.5 Å². The first-order valence-corrected chi connectivity index (χ1v) is 11.4. The summed E-state index contributed by atoms with van der Waals surface area (Å²) in [5.41, 5.74) is 4.40. The lowest BCUT2D eigenvalue weighted by Gasteiger charge is -2.19. The molecule has 6 heteroatoms. The monoisotopic (exact) mass is 476 g/mol. The molecule has 0 unspecified atom stereocenters. The van der Waals surface area contributed by atoms with Crippen molar-refractivity contribution < 1.29 is 9.53 Å². The van der Waals surface area contributed by atoms with E-state index in [0.717, 1.165) is 16.8 Å². The van der Waals surface area contributed by atoms with E-state index in [1.807, 2.05) is 47.4 Å². The van der Waals surface area contributed by atoms with Crippen LogP contribution in [-0.2, 0) is 11.4 Å². The SMILES string of the molecule is CC(C)CN1C(=O)/C(=C\c2cc(Cl)c(OCc3ccccc3C#N)c(Cl)c2)c2ccccc21. The average Bonchev–Trinajstić information content (AvgIpc) is 3.04. The van der Waals surface area contributed by atoms with E-state index >= 15 is 0 Å². The Hall–Kier alpha value is -3.26. The van der Waals surface area contributed by atoms with Crippen molar-refractivity contribution in [3.63, 3.8) is 0 Å². The van der Waals surface area contributed by atoms with E-state index in [2.05, 4.69) is 19.9 Å². The number of carbonyl (C=O) groups excluding carboxylic acids is 1. The molecule has 33 heavy (non-hydrogen) atoms. The number of nitrogens with zero attached hydrogens (tertiary/aromatic N) is 2. The molecule has 0 atom stereocenters. The molecule has 0 aromatic heterocycles. The molecule has 0 bridgehead atoms. The number of hydrogen-bond acceptors (Lipinski definition) is 3. The number of hydrogen-bond donors (Lipinski definition) is 0. The van der Waals surface area contributed by atoms with Crippen molar-refractivity contribution in [1.82, 2.24) is 0 Å². The van der Waals surface area contributed by atoms with Gasteiger partial charge in [0.25, 0.3) is 5.91 Å². The van der Waals surface area contributed by atoms with Crippen LogP contribution in [0.4, 0.5) is 5.69 Å². The standard InChI is InChI=1S/C27H22Cl2N2O2/c1-17(2)15-31-25-10-6-5-9-21(25)22(27(31)32)11-18-12-23(28)26(24(29)13-18)33-16-20-8-4-3-7-19(20)14-30/h3-13,17H,15-16H2,1-2H3/b22-11-. The molecule has 1 aliphatic rings. The topological polar surface area (TPSA) is 53.3 Å². The van der Waals surface area contributed by atoms with Crippen molar-refractivity contribution in [2.24, 2.45) is 5.92 Å².